The van der Waals surface area contributed by atoms with Gasteiger partial charge in [-0.15, -0.1) is 0 Å². The van der Waals surface area contributed by atoms with E-state index in [2.05, 4.69) is 16.8 Å². The van der Waals surface area contributed by atoms with Gasteiger partial charge in [0.05, 0.1) is 24.8 Å². The molecule has 4 rings (SSSR count). The standard InChI is InChI=1S/C30H30FN3O4/c1-20-17-34(21(2)19-35)30(37)25-15-23(14-13-22-9-5-4-6-10-22)16-32-28(25)38-27(20)18-33(3)29(36)24-11-7-8-12-26(24)31/h4-12,15-16,20-21,27,35H,17-19H2,1-3H3/t20-,21+,27-/m1/s1. The fraction of sp³-hybridized carbons (Fsp3) is 0.300. The van der Waals surface area contributed by atoms with E-state index in [-0.39, 0.29) is 48.5 Å². The fourth-order valence-electron chi connectivity index (χ4n) is 4.25. The normalized spacial score (nSPS) is 17.7. The summed E-state index contributed by atoms with van der Waals surface area (Å²) in [5, 5.41) is 9.85. The molecule has 0 radical (unpaired) electrons. The van der Waals surface area contributed by atoms with Crippen LogP contribution in [-0.2, 0) is 0 Å². The van der Waals surface area contributed by atoms with Gasteiger partial charge in [0.2, 0.25) is 5.88 Å². The van der Waals surface area contributed by atoms with E-state index in [4.69, 9.17) is 4.74 Å². The molecule has 0 saturated carbocycles. The molecule has 2 aromatic carbocycles. The highest BCUT2D eigenvalue weighted by atomic mass is 19.1. The van der Waals surface area contributed by atoms with Crippen molar-refractivity contribution in [3.63, 3.8) is 0 Å². The zero-order valence-corrected chi connectivity index (χ0v) is 21.6. The van der Waals surface area contributed by atoms with Crippen LogP contribution in [0.3, 0.4) is 0 Å². The van der Waals surface area contributed by atoms with Crippen LogP contribution in [0.1, 0.15) is 45.7 Å². The molecule has 8 heteroatoms. The van der Waals surface area contributed by atoms with Crippen LogP contribution in [0.5, 0.6) is 5.88 Å². The lowest BCUT2D eigenvalue weighted by atomic mass is 9.99. The predicted octanol–water partition coefficient (Wildman–Crippen LogP) is 3.61. The Morgan fingerprint density at radius 3 is 2.58 bits per heavy atom. The van der Waals surface area contributed by atoms with Gasteiger partial charge in [-0.05, 0) is 37.3 Å². The van der Waals surface area contributed by atoms with Gasteiger partial charge in [-0.2, -0.15) is 0 Å². The minimum absolute atomic E-state index is 0.0284. The van der Waals surface area contributed by atoms with Crippen LogP contribution in [0.2, 0.25) is 0 Å². The van der Waals surface area contributed by atoms with Crippen LogP contribution in [0, 0.1) is 23.6 Å². The van der Waals surface area contributed by atoms with Crippen LogP contribution in [-0.4, -0.2) is 70.6 Å². The average Bonchev–Trinajstić information content (AvgIpc) is 2.93. The molecule has 38 heavy (non-hydrogen) atoms. The number of carbonyl (C=O) groups is 2. The molecule has 196 valence electrons. The highest BCUT2D eigenvalue weighted by molar-refractivity contribution is 5.97. The SMILES string of the molecule is C[C@@H]1CN([C@@H](C)CO)C(=O)c2cc(C#Cc3ccccc3)cnc2O[C@@H]1CN(C)C(=O)c1ccccc1F. The largest absolute Gasteiger partial charge is 0.472 e. The molecule has 3 aromatic rings. The Labute approximate surface area is 221 Å². The van der Waals surface area contributed by atoms with Gasteiger partial charge in [0.15, 0.2) is 0 Å². The van der Waals surface area contributed by atoms with Gasteiger partial charge in [-0.1, -0.05) is 49.1 Å². The monoisotopic (exact) mass is 515 g/mol. The van der Waals surface area contributed by atoms with Gasteiger partial charge in [0, 0.05) is 36.8 Å². The third kappa shape index (κ3) is 6.01. The molecule has 1 aliphatic heterocycles. The molecule has 3 atom stereocenters. The van der Waals surface area contributed by atoms with Crippen LogP contribution in [0.15, 0.2) is 66.9 Å². The molecule has 1 aromatic heterocycles. The molecule has 1 aliphatic rings. The van der Waals surface area contributed by atoms with Crippen LogP contribution < -0.4 is 4.74 Å². The summed E-state index contributed by atoms with van der Waals surface area (Å²) in [6.07, 6.45) is 0.990. The lowest BCUT2D eigenvalue weighted by Gasteiger charge is -2.37. The lowest BCUT2D eigenvalue weighted by Crippen LogP contribution is -2.50. The number of benzene rings is 2. The number of likely N-dealkylation sites (N-methyl/N-ethyl adjacent to an activating group) is 1. The Morgan fingerprint density at radius 1 is 1.18 bits per heavy atom. The summed E-state index contributed by atoms with van der Waals surface area (Å²) in [7, 11) is 1.58. The third-order valence-corrected chi connectivity index (χ3v) is 6.55. The number of halogens is 1. The Balaban J connectivity index is 1.66. The fourth-order valence-corrected chi connectivity index (χ4v) is 4.25. The van der Waals surface area contributed by atoms with Gasteiger partial charge in [0.25, 0.3) is 11.8 Å². The van der Waals surface area contributed by atoms with E-state index in [0.29, 0.717) is 5.56 Å². The second-order valence-corrected chi connectivity index (χ2v) is 9.48. The molecule has 2 heterocycles. The molecular formula is C30H30FN3O4. The Hall–Kier alpha value is -4.22. The first-order chi connectivity index (χ1) is 18.3. The molecule has 1 N–H and O–H groups in total. The summed E-state index contributed by atoms with van der Waals surface area (Å²) in [5.74, 6) is 4.61. The lowest BCUT2D eigenvalue weighted by molar-refractivity contribution is 0.0312. The van der Waals surface area contributed by atoms with Gasteiger partial charge < -0.3 is 19.6 Å². The number of rotatable bonds is 5. The maximum absolute atomic E-state index is 14.2. The van der Waals surface area contributed by atoms with E-state index in [1.807, 2.05) is 37.3 Å². The first-order valence-electron chi connectivity index (χ1n) is 12.4. The maximum atomic E-state index is 14.2. The van der Waals surface area contributed by atoms with E-state index in [1.165, 1.54) is 23.1 Å². The molecule has 0 aliphatic carbocycles. The molecule has 7 nitrogen and oxygen atoms in total. The summed E-state index contributed by atoms with van der Waals surface area (Å²) < 4.78 is 20.5. The maximum Gasteiger partial charge on any atom is 0.259 e. The number of nitrogens with zero attached hydrogens (tertiary/aromatic N) is 3. The minimum atomic E-state index is -0.597. The van der Waals surface area contributed by atoms with E-state index in [9.17, 15) is 19.1 Å². The highest BCUT2D eigenvalue weighted by Crippen LogP contribution is 2.27. The number of aliphatic hydroxyl groups is 1. The second kappa shape index (κ2) is 11.9. The third-order valence-electron chi connectivity index (χ3n) is 6.55. The van der Waals surface area contributed by atoms with Crippen LogP contribution >= 0.6 is 0 Å². The summed E-state index contributed by atoms with van der Waals surface area (Å²) in [6, 6.07) is 16.5. The number of aliphatic hydroxyl groups excluding tert-OH is 1. The number of pyridine rings is 1. The van der Waals surface area contributed by atoms with E-state index in [1.54, 1.807) is 37.2 Å². The highest BCUT2D eigenvalue weighted by Gasteiger charge is 2.35. The second-order valence-electron chi connectivity index (χ2n) is 9.48. The number of carbonyl (C=O) groups excluding carboxylic acids is 2. The van der Waals surface area contributed by atoms with Crippen molar-refractivity contribution in [1.29, 1.82) is 0 Å². The van der Waals surface area contributed by atoms with Crippen molar-refractivity contribution in [3.05, 3.63) is 94.9 Å². The predicted molar refractivity (Wildman–Crippen MR) is 141 cm³/mol. The number of amides is 2. The topological polar surface area (TPSA) is 83.0 Å². The Morgan fingerprint density at radius 2 is 1.87 bits per heavy atom. The summed E-state index contributed by atoms with van der Waals surface area (Å²) >= 11 is 0. The molecule has 0 saturated heterocycles. The number of fused-ring (bicyclic) bond motifs is 1. The van der Waals surface area contributed by atoms with E-state index >= 15 is 0 Å². The quantitative estimate of drug-likeness (QED) is 0.525. The zero-order valence-electron chi connectivity index (χ0n) is 21.6. The Bertz CT molecular complexity index is 1370. The molecule has 0 unspecified atom stereocenters. The summed E-state index contributed by atoms with van der Waals surface area (Å²) in [6.45, 7) is 3.88. The smallest absolute Gasteiger partial charge is 0.259 e. The number of ether oxygens (including phenoxy) is 1. The van der Waals surface area contributed by atoms with Gasteiger partial charge in [0.1, 0.15) is 17.5 Å². The van der Waals surface area contributed by atoms with Crippen molar-refractivity contribution in [2.45, 2.75) is 26.0 Å². The molecule has 0 fully saturated rings. The number of hydrogen-bond donors (Lipinski definition) is 1. The van der Waals surface area contributed by atoms with Gasteiger partial charge in [-0.25, -0.2) is 9.37 Å². The van der Waals surface area contributed by atoms with E-state index in [0.717, 1.165) is 5.56 Å². The molecule has 2 amide bonds. The first kappa shape index (κ1) is 26.8. The minimum Gasteiger partial charge on any atom is -0.472 e. The van der Waals surface area contributed by atoms with Crippen LogP contribution in [0.4, 0.5) is 4.39 Å². The summed E-state index contributed by atoms with van der Waals surface area (Å²) in [5.41, 5.74) is 1.57. The zero-order chi connectivity index (χ0) is 27.2. The molecular weight excluding hydrogens is 485 g/mol. The summed E-state index contributed by atoms with van der Waals surface area (Å²) in [4.78, 5) is 33.9. The van der Waals surface area contributed by atoms with Crippen molar-refractivity contribution in [2.75, 3.05) is 26.7 Å². The van der Waals surface area contributed by atoms with Crippen molar-refractivity contribution >= 4 is 11.8 Å². The molecule has 0 spiro atoms. The number of hydrogen-bond acceptors (Lipinski definition) is 5. The van der Waals surface area contributed by atoms with Crippen molar-refractivity contribution < 1.29 is 23.8 Å². The average molecular weight is 516 g/mol. The van der Waals surface area contributed by atoms with Crippen molar-refractivity contribution in [1.82, 2.24) is 14.8 Å². The number of aromatic nitrogens is 1. The first-order valence-corrected chi connectivity index (χ1v) is 12.4. The molecule has 0 bridgehead atoms. The van der Waals surface area contributed by atoms with Gasteiger partial charge >= 0.3 is 0 Å². The van der Waals surface area contributed by atoms with Crippen molar-refractivity contribution in [3.8, 4) is 17.7 Å². The Kier molecular flexibility index (Phi) is 8.39. The van der Waals surface area contributed by atoms with Gasteiger partial charge in [-0.3, -0.25) is 9.59 Å². The van der Waals surface area contributed by atoms with Crippen molar-refractivity contribution in [2.24, 2.45) is 5.92 Å². The van der Waals surface area contributed by atoms with Crippen LogP contribution in [0.25, 0.3) is 0 Å². The van der Waals surface area contributed by atoms with E-state index < -0.39 is 23.9 Å².